The van der Waals surface area contributed by atoms with Gasteiger partial charge in [0.05, 0.1) is 18.9 Å². The van der Waals surface area contributed by atoms with Crippen LogP contribution in [0.4, 0.5) is 5.69 Å². The molecule has 0 aliphatic carbocycles. The Hall–Kier alpha value is -2.04. The van der Waals surface area contributed by atoms with E-state index in [1.807, 2.05) is 48.5 Å². The minimum atomic E-state index is -0.422. The molecule has 0 aromatic heterocycles. The second-order valence-corrected chi connectivity index (χ2v) is 5.89. The number of methoxy groups -OCH3 is 1. The van der Waals surface area contributed by atoms with Gasteiger partial charge in [-0.1, -0.05) is 42.5 Å². The molecule has 3 rings (SSSR count). The van der Waals surface area contributed by atoms with Crippen molar-refractivity contribution in [1.29, 1.82) is 0 Å². The number of para-hydroxylation sites is 2. The van der Waals surface area contributed by atoms with Crippen LogP contribution < -0.4 is 9.64 Å². The maximum absolute atomic E-state index is 10.4. The molecule has 1 atom stereocenters. The monoisotopic (exact) mass is 312 g/mol. The first-order chi connectivity index (χ1) is 11.3. The molecule has 23 heavy (non-hydrogen) atoms. The van der Waals surface area contributed by atoms with Gasteiger partial charge in [0.1, 0.15) is 5.75 Å². The predicted octanol–water partition coefficient (Wildman–Crippen LogP) is 2.55. The molecule has 0 radical (unpaired) electrons. The number of rotatable bonds is 5. The Morgan fingerprint density at radius 2 is 1.61 bits per heavy atom. The largest absolute Gasteiger partial charge is 0.495 e. The van der Waals surface area contributed by atoms with Gasteiger partial charge in [0.2, 0.25) is 0 Å². The quantitative estimate of drug-likeness (QED) is 0.920. The van der Waals surface area contributed by atoms with Gasteiger partial charge in [0.25, 0.3) is 0 Å². The Balaban J connectivity index is 1.56. The van der Waals surface area contributed by atoms with Crippen LogP contribution >= 0.6 is 0 Å². The van der Waals surface area contributed by atoms with E-state index in [1.165, 1.54) is 0 Å². The van der Waals surface area contributed by atoms with Gasteiger partial charge in [-0.15, -0.1) is 0 Å². The molecule has 1 aliphatic heterocycles. The smallest absolute Gasteiger partial charge is 0.142 e. The van der Waals surface area contributed by atoms with E-state index in [2.05, 4.69) is 15.9 Å². The summed E-state index contributed by atoms with van der Waals surface area (Å²) in [4.78, 5) is 4.67. The second kappa shape index (κ2) is 7.49. The average Bonchev–Trinajstić information content (AvgIpc) is 2.63. The lowest BCUT2D eigenvalue weighted by molar-refractivity contribution is 0.109. The topological polar surface area (TPSA) is 35.9 Å². The van der Waals surface area contributed by atoms with Gasteiger partial charge in [-0.3, -0.25) is 4.90 Å². The normalized spacial score (nSPS) is 17.0. The lowest BCUT2D eigenvalue weighted by Crippen LogP contribution is -2.47. The molecule has 0 bridgehead atoms. The zero-order chi connectivity index (χ0) is 16.1. The number of aliphatic hydroxyl groups excluding tert-OH is 1. The summed E-state index contributed by atoms with van der Waals surface area (Å²) in [6, 6.07) is 18.0. The molecule has 0 saturated carbocycles. The molecular weight excluding hydrogens is 288 g/mol. The van der Waals surface area contributed by atoms with Gasteiger partial charge < -0.3 is 14.7 Å². The van der Waals surface area contributed by atoms with Crippen molar-refractivity contribution in [2.45, 2.75) is 6.10 Å². The molecule has 1 aliphatic rings. The third kappa shape index (κ3) is 3.84. The number of ether oxygens (including phenoxy) is 1. The number of hydrogen-bond donors (Lipinski definition) is 1. The Morgan fingerprint density at radius 1 is 0.957 bits per heavy atom. The first kappa shape index (κ1) is 15.8. The molecule has 2 aromatic carbocycles. The summed E-state index contributed by atoms with van der Waals surface area (Å²) >= 11 is 0. The van der Waals surface area contributed by atoms with E-state index in [0.29, 0.717) is 6.54 Å². The molecule has 4 heteroatoms. The highest BCUT2D eigenvalue weighted by atomic mass is 16.5. The maximum atomic E-state index is 10.4. The molecule has 0 unspecified atom stereocenters. The van der Waals surface area contributed by atoms with Crippen LogP contribution in [0.5, 0.6) is 5.75 Å². The van der Waals surface area contributed by atoms with Crippen molar-refractivity contribution < 1.29 is 9.84 Å². The van der Waals surface area contributed by atoms with Gasteiger partial charge >= 0.3 is 0 Å². The van der Waals surface area contributed by atoms with Crippen molar-refractivity contribution in [3.05, 3.63) is 60.2 Å². The molecular formula is C19H24N2O2. The van der Waals surface area contributed by atoms with Gasteiger partial charge in [0.15, 0.2) is 0 Å². The number of β-amino-alcohol motifs (C(OH)–C–C–N with tert-alkyl or cyclic N) is 1. The molecule has 0 spiro atoms. The second-order valence-electron chi connectivity index (χ2n) is 5.89. The maximum Gasteiger partial charge on any atom is 0.142 e. The molecule has 1 fully saturated rings. The lowest BCUT2D eigenvalue weighted by atomic mass is 10.1. The van der Waals surface area contributed by atoms with E-state index in [-0.39, 0.29) is 0 Å². The Morgan fingerprint density at radius 3 is 2.30 bits per heavy atom. The van der Waals surface area contributed by atoms with Crippen LogP contribution in [0.25, 0.3) is 0 Å². The van der Waals surface area contributed by atoms with E-state index in [9.17, 15) is 5.11 Å². The third-order valence-corrected chi connectivity index (χ3v) is 4.41. The number of hydrogen-bond acceptors (Lipinski definition) is 4. The van der Waals surface area contributed by atoms with E-state index in [4.69, 9.17) is 4.74 Å². The zero-order valence-electron chi connectivity index (χ0n) is 13.6. The zero-order valence-corrected chi connectivity index (χ0v) is 13.6. The van der Waals surface area contributed by atoms with Crippen molar-refractivity contribution in [3.63, 3.8) is 0 Å². The highest BCUT2D eigenvalue weighted by Gasteiger charge is 2.21. The number of piperazine rings is 1. The van der Waals surface area contributed by atoms with Crippen molar-refractivity contribution >= 4 is 5.69 Å². The summed E-state index contributed by atoms with van der Waals surface area (Å²) in [5.74, 6) is 0.922. The SMILES string of the molecule is COc1ccccc1N1CCN(C[C@H](O)c2ccccc2)CC1. The molecule has 4 nitrogen and oxygen atoms in total. The van der Waals surface area contributed by atoms with Crippen molar-refractivity contribution in [1.82, 2.24) is 4.90 Å². The fraction of sp³-hybridized carbons (Fsp3) is 0.368. The fourth-order valence-electron chi connectivity index (χ4n) is 3.09. The van der Waals surface area contributed by atoms with Gasteiger partial charge in [-0.25, -0.2) is 0 Å². The van der Waals surface area contributed by atoms with Crippen LogP contribution in [0.2, 0.25) is 0 Å². The number of aliphatic hydroxyl groups is 1. The highest BCUT2D eigenvalue weighted by Crippen LogP contribution is 2.28. The molecule has 1 heterocycles. The summed E-state index contributed by atoms with van der Waals surface area (Å²) in [6.07, 6.45) is -0.422. The van der Waals surface area contributed by atoms with Crippen LogP contribution in [0.15, 0.2) is 54.6 Å². The van der Waals surface area contributed by atoms with Crippen molar-refractivity contribution in [3.8, 4) is 5.75 Å². The first-order valence-corrected chi connectivity index (χ1v) is 8.11. The lowest BCUT2D eigenvalue weighted by Gasteiger charge is -2.37. The minimum Gasteiger partial charge on any atom is -0.495 e. The van der Waals surface area contributed by atoms with Crippen molar-refractivity contribution in [2.75, 3.05) is 44.7 Å². The summed E-state index contributed by atoms with van der Waals surface area (Å²) in [6.45, 7) is 4.47. The third-order valence-electron chi connectivity index (χ3n) is 4.41. The molecule has 0 amide bonds. The minimum absolute atomic E-state index is 0.422. The summed E-state index contributed by atoms with van der Waals surface area (Å²) < 4.78 is 5.45. The van der Waals surface area contributed by atoms with Crippen LogP contribution in [0.1, 0.15) is 11.7 Å². The van der Waals surface area contributed by atoms with Gasteiger partial charge in [-0.05, 0) is 17.7 Å². The summed E-state index contributed by atoms with van der Waals surface area (Å²) in [5.41, 5.74) is 2.14. The Labute approximate surface area is 137 Å². The van der Waals surface area contributed by atoms with Crippen LogP contribution in [0, 0.1) is 0 Å². The standard InChI is InChI=1S/C19H24N2O2/c1-23-19-10-6-5-9-17(19)21-13-11-20(12-14-21)15-18(22)16-7-3-2-4-8-16/h2-10,18,22H,11-15H2,1H3/t18-/m0/s1. The number of anilines is 1. The highest BCUT2D eigenvalue weighted by molar-refractivity contribution is 5.58. The molecule has 2 aromatic rings. The van der Waals surface area contributed by atoms with E-state index in [1.54, 1.807) is 7.11 Å². The van der Waals surface area contributed by atoms with Crippen LogP contribution in [0.3, 0.4) is 0 Å². The fourth-order valence-corrected chi connectivity index (χ4v) is 3.09. The summed E-state index contributed by atoms with van der Waals surface area (Å²) in [5, 5.41) is 10.4. The Kier molecular flexibility index (Phi) is 5.16. The van der Waals surface area contributed by atoms with Crippen LogP contribution in [-0.2, 0) is 0 Å². The predicted molar refractivity (Wildman–Crippen MR) is 93.0 cm³/mol. The number of nitrogens with zero attached hydrogens (tertiary/aromatic N) is 2. The number of benzene rings is 2. The Bertz CT molecular complexity index is 610. The molecule has 1 saturated heterocycles. The summed E-state index contributed by atoms with van der Waals surface area (Å²) in [7, 11) is 1.71. The first-order valence-electron chi connectivity index (χ1n) is 8.11. The molecule has 122 valence electrons. The van der Waals surface area contributed by atoms with Crippen LogP contribution in [-0.4, -0.2) is 49.8 Å². The molecule has 1 N–H and O–H groups in total. The van der Waals surface area contributed by atoms with Gasteiger partial charge in [0, 0.05) is 32.7 Å². The van der Waals surface area contributed by atoms with Gasteiger partial charge in [-0.2, -0.15) is 0 Å². The van der Waals surface area contributed by atoms with E-state index in [0.717, 1.165) is 43.2 Å². The van der Waals surface area contributed by atoms with Crippen molar-refractivity contribution in [2.24, 2.45) is 0 Å². The van der Waals surface area contributed by atoms with E-state index < -0.39 is 6.10 Å². The van der Waals surface area contributed by atoms with E-state index >= 15 is 0 Å². The average molecular weight is 312 g/mol.